The van der Waals surface area contributed by atoms with Crippen LogP contribution >= 0.6 is 0 Å². The molecule has 1 N–H and O–H groups in total. The number of rotatable bonds is 0. The van der Waals surface area contributed by atoms with Gasteiger partial charge in [0.25, 0.3) is 0 Å². The van der Waals surface area contributed by atoms with E-state index in [1.54, 1.807) is 0 Å². The Hall–Kier alpha value is -1.51. The number of pyridine rings is 1. The van der Waals surface area contributed by atoms with E-state index in [2.05, 4.69) is 16.5 Å². The van der Waals surface area contributed by atoms with E-state index in [4.69, 9.17) is 7.85 Å². The first-order chi connectivity index (χ1) is 6.59. The first-order valence-corrected chi connectivity index (χ1v) is 4.50. The van der Waals surface area contributed by atoms with Crippen LogP contribution < -0.4 is 16.2 Å². The Morgan fingerprint density at radius 3 is 2.79 bits per heavy atom. The Balaban J connectivity index is 2.94. The van der Waals surface area contributed by atoms with Crippen molar-refractivity contribution in [1.82, 2.24) is 9.97 Å². The second-order valence-corrected chi connectivity index (χ2v) is 3.61. The molecule has 2 aromatic rings. The first kappa shape index (κ1) is 9.07. The third-order valence-electron chi connectivity index (χ3n) is 2.29. The lowest BCUT2D eigenvalue weighted by Gasteiger charge is -1.92. The van der Waals surface area contributed by atoms with Gasteiger partial charge < -0.3 is 4.98 Å². The van der Waals surface area contributed by atoms with Gasteiger partial charge in [0, 0.05) is 10.7 Å². The molecule has 2 aromatic heterocycles. The molecule has 0 spiro atoms. The van der Waals surface area contributed by atoms with Crippen molar-refractivity contribution in [1.29, 1.82) is 0 Å². The second-order valence-electron chi connectivity index (χ2n) is 3.61. The molecule has 0 saturated heterocycles. The number of nitrogens with zero attached hydrogens (tertiary/aromatic N) is 1. The number of aromatic amines is 1. The van der Waals surface area contributed by atoms with Crippen LogP contribution in [0.3, 0.4) is 0 Å². The molecule has 0 unspecified atom stereocenters. The smallest absolute Gasteiger partial charge is 0.137 e. The fourth-order valence-electron chi connectivity index (χ4n) is 1.42. The number of hydrogen-bond acceptors (Lipinski definition) is 1. The molecule has 0 aromatic carbocycles. The number of aromatic nitrogens is 2. The molecule has 0 saturated carbocycles. The Morgan fingerprint density at radius 2 is 2.14 bits per heavy atom. The summed E-state index contributed by atoms with van der Waals surface area (Å²) < 4.78 is 0. The maximum Gasteiger partial charge on any atom is 0.137 e. The van der Waals surface area contributed by atoms with Gasteiger partial charge in [-0.2, -0.15) is 0 Å². The highest BCUT2D eigenvalue weighted by atomic mass is 14.8. The Labute approximate surface area is 83.8 Å². The van der Waals surface area contributed by atoms with Crippen LogP contribution in [0.2, 0.25) is 0 Å². The highest BCUT2D eigenvalue weighted by Gasteiger charge is 2.00. The van der Waals surface area contributed by atoms with Gasteiger partial charge >= 0.3 is 0 Å². The molecule has 0 aliphatic carbocycles. The van der Waals surface area contributed by atoms with Crippen LogP contribution in [0.1, 0.15) is 13.8 Å². The molecular weight excluding hydrogens is 171 g/mol. The second kappa shape index (κ2) is 3.01. The van der Waals surface area contributed by atoms with Crippen molar-refractivity contribution in [3.05, 3.63) is 22.8 Å². The molecule has 0 bridgehead atoms. The van der Waals surface area contributed by atoms with Crippen LogP contribution in [0.4, 0.5) is 0 Å². The van der Waals surface area contributed by atoms with E-state index < -0.39 is 0 Å². The Morgan fingerprint density at radius 1 is 1.43 bits per heavy atom. The van der Waals surface area contributed by atoms with Crippen LogP contribution in [0.5, 0.6) is 0 Å². The summed E-state index contributed by atoms with van der Waals surface area (Å²) in [6, 6.07) is 3.95. The molecule has 68 valence electrons. The third-order valence-corrected chi connectivity index (χ3v) is 2.29. The monoisotopic (exact) mass is 182 g/mol. The fourth-order valence-corrected chi connectivity index (χ4v) is 1.42. The fraction of sp³-hybridized carbons (Fsp3) is 0.182. The number of H-pyrrole nitrogens is 1. The average molecular weight is 182 g/mol. The number of fused-ring (bicyclic) bond motifs is 1. The van der Waals surface area contributed by atoms with Crippen molar-refractivity contribution in [2.24, 2.45) is 0 Å². The van der Waals surface area contributed by atoms with Gasteiger partial charge in [-0.05, 0) is 26.0 Å². The molecule has 3 heteroatoms. The van der Waals surface area contributed by atoms with Crippen molar-refractivity contribution in [3.8, 4) is 0 Å². The summed E-state index contributed by atoms with van der Waals surface area (Å²) >= 11 is 0. The quantitative estimate of drug-likeness (QED) is 0.569. The molecule has 0 aliphatic rings. The minimum Gasteiger partial charge on any atom is -0.341 e. The molecule has 0 fully saturated rings. The van der Waals surface area contributed by atoms with E-state index in [1.807, 2.05) is 26.0 Å². The van der Waals surface area contributed by atoms with E-state index in [0.29, 0.717) is 5.46 Å². The molecule has 14 heavy (non-hydrogen) atoms. The van der Waals surface area contributed by atoms with Gasteiger partial charge in [0.15, 0.2) is 0 Å². The van der Waals surface area contributed by atoms with E-state index in [9.17, 15) is 0 Å². The molecule has 0 amide bonds. The highest BCUT2D eigenvalue weighted by Crippen LogP contribution is 1.99. The average Bonchev–Trinajstić information content (AvgIpc) is 2.42. The van der Waals surface area contributed by atoms with Crippen molar-refractivity contribution < 1.29 is 0 Å². The largest absolute Gasteiger partial charge is 0.341 e. The van der Waals surface area contributed by atoms with Crippen LogP contribution in [0, 0.1) is 0 Å². The summed E-state index contributed by atoms with van der Waals surface area (Å²) in [6.45, 7) is 7.87. The lowest BCUT2D eigenvalue weighted by atomic mass is 9.95. The molecule has 2 nitrogen and oxygen atoms in total. The zero-order valence-electron chi connectivity index (χ0n) is 8.39. The summed E-state index contributed by atoms with van der Waals surface area (Å²) in [5, 5.41) is 2.66. The Bertz CT molecular complexity index is 592. The zero-order chi connectivity index (χ0) is 10.3. The van der Waals surface area contributed by atoms with E-state index in [1.165, 1.54) is 5.57 Å². The van der Waals surface area contributed by atoms with Crippen LogP contribution in [0.15, 0.2) is 12.1 Å². The summed E-state index contributed by atoms with van der Waals surface area (Å²) in [6.07, 6.45) is 0. The SMILES string of the molecule is [B]c1c(=C)[nH]c2nc(=C(C)C)ccc12. The first-order valence-electron chi connectivity index (χ1n) is 4.50. The lowest BCUT2D eigenvalue weighted by Crippen LogP contribution is -2.20. The highest BCUT2D eigenvalue weighted by molar-refractivity contribution is 6.38. The van der Waals surface area contributed by atoms with Crippen LogP contribution in [-0.4, -0.2) is 17.8 Å². The van der Waals surface area contributed by atoms with E-state index >= 15 is 0 Å². The zero-order valence-corrected chi connectivity index (χ0v) is 8.39. The van der Waals surface area contributed by atoms with Gasteiger partial charge in [-0.15, -0.1) is 0 Å². The van der Waals surface area contributed by atoms with Gasteiger partial charge in [0.05, 0.1) is 5.35 Å². The Kier molecular flexibility index (Phi) is 1.95. The summed E-state index contributed by atoms with van der Waals surface area (Å²) in [7, 11) is 5.82. The van der Waals surface area contributed by atoms with Crippen molar-refractivity contribution >= 4 is 36.5 Å². The number of nitrogens with one attached hydrogen (secondary N) is 1. The van der Waals surface area contributed by atoms with Gasteiger partial charge in [-0.25, -0.2) is 4.98 Å². The topological polar surface area (TPSA) is 28.7 Å². The van der Waals surface area contributed by atoms with Gasteiger partial charge in [0.2, 0.25) is 0 Å². The van der Waals surface area contributed by atoms with Gasteiger partial charge in [-0.3, -0.25) is 0 Å². The maximum atomic E-state index is 5.82. The standard InChI is InChI=1S/C11H11BN2/c1-6(2)9-5-4-8-10(12)7(3)13-11(8)14-9/h4-5H,3H2,1-2H3,(H,13,14). The summed E-state index contributed by atoms with van der Waals surface area (Å²) in [5.41, 5.74) is 2.68. The molecule has 0 aliphatic heterocycles. The third kappa shape index (κ3) is 1.25. The van der Waals surface area contributed by atoms with Gasteiger partial charge in [-0.1, -0.05) is 17.6 Å². The maximum absolute atomic E-state index is 5.82. The van der Waals surface area contributed by atoms with Gasteiger partial charge in [0.1, 0.15) is 13.5 Å². The van der Waals surface area contributed by atoms with Crippen LogP contribution in [-0.2, 0) is 0 Å². The van der Waals surface area contributed by atoms with Crippen molar-refractivity contribution in [3.63, 3.8) is 0 Å². The van der Waals surface area contributed by atoms with E-state index in [-0.39, 0.29) is 0 Å². The van der Waals surface area contributed by atoms with Crippen LogP contribution in [0.25, 0.3) is 23.2 Å². The molecule has 2 radical (unpaired) electrons. The molecular formula is C11H11BN2. The molecule has 0 atom stereocenters. The predicted molar refractivity (Wildman–Crippen MR) is 61.0 cm³/mol. The van der Waals surface area contributed by atoms with E-state index in [0.717, 1.165) is 21.7 Å². The molecule has 2 rings (SSSR count). The van der Waals surface area contributed by atoms with Crippen molar-refractivity contribution in [2.75, 3.05) is 0 Å². The predicted octanol–water partition coefficient (Wildman–Crippen LogP) is -0.0425. The molecule has 2 heterocycles. The normalized spacial score (nSPS) is 10.7. The summed E-state index contributed by atoms with van der Waals surface area (Å²) in [5.74, 6) is 0. The summed E-state index contributed by atoms with van der Waals surface area (Å²) in [4.78, 5) is 7.51. The van der Waals surface area contributed by atoms with Crippen molar-refractivity contribution in [2.45, 2.75) is 13.8 Å². The lowest BCUT2D eigenvalue weighted by molar-refractivity contribution is 1.23. The minimum absolute atomic E-state index is 0.688. The number of hydrogen-bond donors (Lipinski definition) is 1. The minimum atomic E-state index is 0.688.